The summed E-state index contributed by atoms with van der Waals surface area (Å²) in [5, 5.41) is 12.7. The second-order valence-electron chi connectivity index (χ2n) is 4.09. The van der Waals surface area contributed by atoms with Crippen molar-refractivity contribution in [3.8, 4) is 5.75 Å². The van der Waals surface area contributed by atoms with E-state index < -0.39 is 0 Å². The number of aromatic nitrogens is 1. The third kappa shape index (κ3) is 4.38. The van der Waals surface area contributed by atoms with Crippen LogP contribution in [0.3, 0.4) is 0 Å². The van der Waals surface area contributed by atoms with Crippen LogP contribution >= 0.6 is 11.8 Å². The minimum Gasteiger partial charge on any atom is -0.490 e. The Bertz CT molecular complexity index is 346. The average Bonchev–Trinajstić information content (AvgIpc) is 2.39. The minimum absolute atomic E-state index is 0.129. The summed E-state index contributed by atoms with van der Waals surface area (Å²) in [4.78, 5) is 4.30. The highest BCUT2D eigenvalue weighted by atomic mass is 32.2. The van der Waals surface area contributed by atoms with E-state index in [0.29, 0.717) is 6.61 Å². The highest BCUT2D eigenvalue weighted by Gasteiger charge is 2.17. The summed E-state index contributed by atoms with van der Waals surface area (Å²) in [5.41, 5.74) is 0. The predicted octanol–water partition coefficient (Wildman–Crippen LogP) is 2.39. The molecule has 102 valence electrons. The summed E-state index contributed by atoms with van der Waals surface area (Å²) in [6.07, 6.45) is 4.70. The molecule has 0 aliphatic heterocycles. The van der Waals surface area contributed by atoms with Gasteiger partial charge in [-0.05, 0) is 31.7 Å². The molecular formula is C13H22N2O2S. The third-order valence-corrected chi connectivity index (χ3v) is 3.80. The molecule has 1 aromatic rings. The normalized spacial score (nSPS) is 14.0. The average molecular weight is 270 g/mol. The first-order chi connectivity index (χ1) is 8.72. The quantitative estimate of drug-likeness (QED) is 0.759. The Balaban J connectivity index is 2.70. The van der Waals surface area contributed by atoms with Crippen LogP contribution in [0.15, 0.2) is 18.3 Å². The van der Waals surface area contributed by atoms with Gasteiger partial charge in [0.05, 0.1) is 13.2 Å². The predicted molar refractivity (Wildman–Crippen MR) is 77.5 cm³/mol. The van der Waals surface area contributed by atoms with Crippen molar-refractivity contribution in [1.82, 2.24) is 4.98 Å². The molecule has 18 heavy (non-hydrogen) atoms. The minimum atomic E-state index is 0.129. The first-order valence-corrected chi connectivity index (χ1v) is 7.49. The van der Waals surface area contributed by atoms with E-state index in [4.69, 9.17) is 4.74 Å². The maximum atomic E-state index is 9.27. The van der Waals surface area contributed by atoms with Crippen LogP contribution in [0, 0.1) is 0 Å². The molecule has 4 nitrogen and oxygen atoms in total. The summed E-state index contributed by atoms with van der Waals surface area (Å²) in [7, 11) is 0. The third-order valence-electron chi connectivity index (χ3n) is 2.64. The van der Waals surface area contributed by atoms with E-state index in [0.717, 1.165) is 18.0 Å². The van der Waals surface area contributed by atoms with Crippen LogP contribution in [0.5, 0.6) is 5.75 Å². The molecule has 0 aliphatic rings. The van der Waals surface area contributed by atoms with Crippen molar-refractivity contribution in [2.24, 2.45) is 0 Å². The summed E-state index contributed by atoms with van der Waals surface area (Å²) < 4.78 is 5.64. The summed E-state index contributed by atoms with van der Waals surface area (Å²) in [6, 6.07) is 3.90. The monoisotopic (exact) mass is 270 g/mol. The summed E-state index contributed by atoms with van der Waals surface area (Å²) >= 11 is 1.64. The maximum absolute atomic E-state index is 9.27. The van der Waals surface area contributed by atoms with Gasteiger partial charge >= 0.3 is 0 Å². The number of hydrogen-bond acceptors (Lipinski definition) is 5. The summed E-state index contributed by atoms with van der Waals surface area (Å²) in [5.74, 6) is 1.51. The van der Waals surface area contributed by atoms with Crippen molar-refractivity contribution in [2.75, 3.05) is 24.8 Å². The van der Waals surface area contributed by atoms with E-state index in [-0.39, 0.29) is 17.9 Å². The fourth-order valence-corrected chi connectivity index (χ4v) is 2.20. The molecule has 2 atom stereocenters. The van der Waals surface area contributed by atoms with E-state index in [1.54, 1.807) is 18.0 Å². The first kappa shape index (κ1) is 15.1. The number of thioether (sulfide) groups is 1. The van der Waals surface area contributed by atoms with Gasteiger partial charge in [-0.25, -0.2) is 4.98 Å². The van der Waals surface area contributed by atoms with Crippen molar-refractivity contribution in [3.63, 3.8) is 0 Å². The molecular weight excluding hydrogens is 248 g/mol. The molecule has 0 amide bonds. The molecule has 0 bridgehead atoms. The van der Waals surface area contributed by atoms with Crippen LogP contribution in [0.25, 0.3) is 0 Å². The van der Waals surface area contributed by atoms with Gasteiger partial charge in [-0.3, -0.25) is 0 Å². The molecule has 1 heterocycles. The SMILES string of the molecule is CCCOc1cccnc1NC(C)C(CO)SC. The Kier molecular flexibility index (Phi) is 6.90. The Morgan fingerprint density at radius 3 is 2.94 bits per heavy atom. The van der Waals surface area contributed by atoms with Gasteiger partial charge in [0.2, 0.25) is 0 Å². The number of nitrogens with one attached hydrogen (secondary N) is 1. The van der Waals surface area contributed by atoms with Crippen LogP contribution in [0.1, 0.15) is 20.3 Å². The van der Waals surface area contributed by atoms with Crippen molar-refractivity contribution in [2.45, 2.75) is 31.6 Å². The number of anilines is 1. The lowest BCUT2D eigenvalue weighted by Crippen LogP contribution is -2.31. The Morgan fingerprint density at radius 2 is 2.33 bits per heavy atom. The molecule has 0 fully saturated rings. The van der Waals surface area contributed by atoms with E-state index in [2.05, 4.69) is 17.2 Å². The van der Waals surface area contributed by atoms with Crippen LogP contribution in [-0.4, -0.2) is 40.9 Å². The Labute approximate surface area is 113 Å². The van der Waals surface area contributed by atoms with Gasteiger partial charge in [-0.1, -0.05) is 6.92 Å². The molecule has 0 saturated heterocycles. The molecule has 0 aromatic carbocycles. The molecule has 1 aromatic heterocycles. The lowest BCUT2D eigenvalue weighted by molar-refractivity contribution is 0.287. The van der Waals surface area contributed by atoms with Gasteiger partial charge in [0, 0.05) is 17.5 Å². The smallest absolute Gasteiger partial charge is 0.168 e. The molecule has 1 rings (SSSR count). The molecule has 2 N–H and O–H groups in total. The van der Waals surface area contributed by atoms with Crippen molar-refractivity contribution >= 4 is 17.6 Å². The van der Waals surface area contributed by atoms with Crippen molar-refractivity contribution in [1.29, 1.82) is 0 Å². The van der Waals surface area contributed by atoms with E-state index in [9.17, 15) is 5.11 Å². The Morgan fingerprint density at radius 1 is 1.56 bits per heavy atom. The summed E-state index contributed by atoms with van der Waals surface area (Å²) in [6.45, 7) is 4.94. The van der Waals surface area contributed by atoms with E-state index >= 15 is 0 Å². The van der Waals surface area contributed by atoms with Gasteiger partial charge in [-0.15, -0.1) is 0 Å². The number of aliphatic hydroxyl groups excluding tert-OH is 1. The topological polar surface area (TPSA) is 54.4 Å². The number of ether oxygens (including phenoxy) is 1. The zero-order chi connectivity index (χ0) is 13.4. The van der Waals surface area contributed by atoms with Crippen LogP contribution in [0.4, 0.5) is 5.82 Å². The largest absolute Gasteiger partial charge is 0.490 e. The molecule has 0 radical (unpaired) electrons. The zero-order valence-electron chi connectivity index (χ0n) is 11.2. The standard InChI is InChI=1S/C13H22N2O2S/c1-4-8-17-11-6-5-7-14-13(11)15-10(2)12(9-16)18-3/h5-7,10,12,16H,4,8-9H2,1-3H3,(H,14,15). The number of aliphatic hydroxyl groups is 1. The van der Waals surface area contributed by atoms with Gasteiger partial charge in [0.1, 0.15) is 0 Å². The van der Waals surface area contributed by atoms with Crippen LogP contribution in [0.2, 0.25) is 0 Å². The van der Waals surface area contributed by atoms with Gasteiger partial charge in [0.15, 0.2) is 11.6 Å². The number of hydrogen-bond donors (Lipinski definition) is 2. The van der Waals surface area contributed by atoms with Crippen LogP contribution in [-0.2, 0) is 0 Å². The molecule has 5 heteroatoms. The molecule has 0 aliphatic carbocycles. The molecule has 0 saturated carbocycles. The van der Waals surface area contributed by atoms with Gasteiger partial charge in [-0.2, -0.15) is 11.8 Å². The fourth-order valence-electron chi connectivity index (χ4n) is 1.57. The highest BCUT2D eigenvalue weighted by Crippen LogP contribution is 2.23. The van der Waals surface area contributed by atoms with E-state index in [1.807, 2.05) is 25.3 Å². The number of rotatable bonds is 8. The zero-order valence-corrected chi connectivity index (χ0v) is 12.0. The lowest BCUT2D eigenvalue weighted by Gasteiger charge is -2.22. The fraction of sp³-hybridized carbons (Fsp3) is 0.615. The second kappa shape index (κ2) is 8.21. The second-order valence-corrected chi connectivity index (χ2v) is 5.17. The molecule has 0 spiro atoms. The molecule has 2 unspecified atom stereocenters. The number of nitrogens with zero attached hydrogens (tertiary/aromatic N) is 1. The van der Waals surface area contributed by atoms with Gasteiger partial charge < -0.3 is 15.2 Å². The van der Waals surface area contributed by atoms with Crippen LogP contribution < -0.4 is 10.1 Å². The highest BCUT2D eigenvalue weighted by molar-refractivity contribution is 7.99. The number of pyridine rings is 1. The van der Waals surface area contributed by atoms with Gasteiger partial charge in [0.25, 0.3) is 0 Å². The van der Waals surface area contributed by atoms with E-state index in [1.165, 1.54) is 0 Å². The van der Waals surface area contributed by atoms with Crippen molar-refractivity contribution in [3.05, 3.63) is 18.3 Å². The Hall–Kier alpha value is -0.940. The lowest BCUT2D eigenvalue weighted by atomic mass is 10.2. The first-order valence-electron chi connectivity index (χ1n) is 6.20. The maximum Gasteiger partial charge on any atom is 0.168 e. The van der Waals surface area contributed by atoms with Crippen molar-refractivity contribution < 1.29 is 9.84 Å².